The Morgan fingerprint density at radius 2 is 2.06 bits per heavy atom. The Balaban J connectivity index is 2.30. The van der Waals surface area contributed by atoms with Crippen LogP contribution in [0.5, 0.6) is 5.75 Å². The van der Waals surface area contributed by atoms with Crippen LogP contribution in [0.15, 0.2) is 35.7 Å². The summed E-state index contributed by atoms with van der Waals surface area (Å²) in [6, 6.07) is 10.1. The summed E-state index contributed by atoms with van der Waals surface area (Å²) in [5, 5.41) is 6.66. The fourth-order valence-electron chi connectivity index (χ4n) is 2.00. The van der Waals surface area contributed by atoms with E-state index in [0.29, 0.717) is 0 Å². The molecule has 3 aromatic rings. The molecule has 0 fully saturated rings. The summed E-state index contributed by atoms with van der Waals surface area (Å²) in [6.45, 7) is 0. The maximum Gasteiger partial charge on any atom is 0.128 e. The van der Waals surface area contributed by atoms with Crippen molar-refractivity contribution in [1.29, 1.82) is 0 Å². The van der Waals surface area contributed by atoms with Gasteiger partial charge >= 0.3 is 0 Å². The van der Waals surface area contributed by atoms with Crippen molar-refractivity contribution in [3.8, 4) is 17.0 Å². The van der Waals surface area contributed by atoms with Gasteiger partial charge < -0.3 is 4.74 Å². The zero-order valence-electron chi connectivity index (χ0n) is 9.68. The van der Waals surface area contributed by atoms with E-state index >= 15 is 0 Å². The van der Waals surface area contributed by atoms with Crippen LogP contribution >= 0.6 is 11.3 Å². The number of benzene rings is 1. The summed E-state index contributed by atoms with van der Waals surface area (Å²) in [5.41, 5.74) is 3.20. The molecule has 3 rings (SSSR count). The summed E-state index contributed by atoms with van der Waals surface area (Å²) in [5.74, 6) is 0.862. The zero-order chi connectivity index (χ0) is 11.8. The molecule has 17 heavy (non-hydrogen) atoms. The lowest BCUT2D eigenvalue weighted by molar-refractivity contribution is 0.416. The highest BCUT2D eigenvalue weighted by Gasteiger charge is 2.14. The number of methoxy groups -OCH3 is 1. The van der Waals surface area contributed by atoms with E-state index in [2.05, 4.69) is 16.5 Å². The second-order valence-electron chi connectivity index (χ2n) is 3.81. The molecule has 0 aliphatic heterocycles. The van der Waals surface area contributed by atoms with E-state index in [1.807, 2.05) is 36.0 Å². The molecule has 0 atom stereocenters. The Bertz CT molecular complexity index is 669. The maximum atomic E-state index is 5.39. The SMILES string of the molecule is COc1ccccc1-c1nn(C)c2ccsc12. The number of ether oxygens (including phenoxy) is 1. The number of fused-ring (bicyclic) bond motifs is 1. The highest BCUT2D eigenvalue weighted by atomic mass is 32.1. The van der Waals surface area contributed by atoms with Gasteiger partial charge in [-0.3, -0.25) is 4.68 Å². The van der Waals surface area contributed by atoms with E-state index in [9.17, 15) is 0 Å². The molecular weight excluding hydrogens is 232 g/mol. The minimum Gasteiger partial charge on any atom is -0.496 e. The van der Waals surface area contributed by atoms with Crippen LogP contribution in [0.4, 0.5) is 0 Å². The van der Waals surface area contributed by atoms with Gasteiger partial charge in [-0.1, -0.05) is 12.1 Å². The molecule has 2 heterocycles. The molecule has 2 aromatic heterocycles. The first-order valence-corrected chi connectivity index (χ1v) is 6.23. The minimum atomic E-state index is 0.862. The van der Waals surface area contributed by atoms with Gasteiger partial charge in [0.25, 0.3) is 0 Å². The number of aromatic nitrogens is 2. The van der Waals surface area contributed by atoms with Gasteiger partial charge in [-0.25, -0.2) is 0 Å². The van der Waals surface area contributed by atoms with Crippen molar-refractivity contribution in [3.63, 3.8) is 0 Å². The van der Waals surface area contributed by atoms with Crippen molar-refractivity contribution in [2.24, 2.45) is 7.05 Å². The molecule has 0 aliphatic rings. The molecule has 0 N–H and O–H groups in total. The van der Waals surface area contributed by atoms with Crippen molar-refractivity contribution >= 4 is 21.6 Å². The number of nitrogens with zero attached hydrogens (tertiary/aromatic N) is 2. The Morgan fingerprint density at radius 1 is 1.24 bits per heavy atom. The third-order valence-corrected chi connectivity index (χ3v) is 3.73. The number of rotatable bonds is 2. The molecule has 1 aromatic carbocycles. The number of thiophene rings is 1. The minimum absolute atomic E-state index is 0.862. The van der Waals surface area contributed by atoms with Crippen molar-refractivity contribution in [2.75, 3.05) is 7.11 Å². The molecule has 0 radical (unpaired) electrons. The van der Waals surface area contributed by atoms with E-state index in [1.54, 1.807) is 18.4 Å². The van der Waals surface area contributed by atoms with Crippen LogP contribution in [-0.4, -0.2) is 16.9 Å². The maximum absolute atomic E-state index is 5.39. The molecule has 0 amide bonds. The number of hydrogen-bond donors (Lipinski definition) is 0. The zero-order valence-corrected chi connectivity index (χ0v) is 10.5. The topological polar surface area (TPSA) is 27.1 Å². The van der Waals surface area contributed by atoms with Crippen LogP contribution in [-0.2, 0) is 7.05 Å². The Kier molecular flexibility index (Phi) is 2.37. The molecule has 3 nitrogen and oxygen atoms in total. The van der Waals surface area contributed by atoms with Gasteiger partial charge in [-0.2, -0.15) is 5.10 Å². The Hall–Kier alpha value is -1.81. The smallest absolute Gasteiger partial charge is 0.128 e. The standard InChI is InChI=1S/C13H12N2OS/c1-15-10-7-8-17-13(10)12(14-15)9-5-3-4-6-11(9)16-2/h3-8H,1-2H3. The van der Waals surface area contributed by atoms with E-state index in [-0.39, 0.29) is 0 Å². The first-order valence-electron chi connectivity index (χ1n) is 5.35. The van der Waals surface area contributed by atoms with Crippen molar-refractivity contribution in [2.45, 2.75) is 0 Å². The first-order chi connectivity index (χ1) is 8.31. The van der Waals surface area contributed by atoms with Gasteiger partial charge in [0.1, 0.15) is 11.4 Å². The summed E-state index contributed by atoms with van der Waals surface area (Å²) in [4.78, 5) is 0. The third-order valence-electron chi connectivity index (χ3n) is 2.82. The fraction of sp³-hybridized carbons (Fsp3) is 0.154. The van der Waals surface area contributed by atoms with Gasteiger partial charge in [0, 0.05) is 12.6 Å². The average molecular weight is 244 g/mol. The van der Waals surface area contributed by atoms with E-state index in [4.69, 9.17) is 4.74 Å². The second kappa shape index (κ2) is 3.89. The van der Waals surface area contributed by atoms with Crippen LogP contribution in [0.1, 0.15) is 0 Å². The Labute approximate surface area is 103 Å². The molecule has 0 saturated carbocycles. The highest BCUT2D eigenvalue weighted by Crippen LogP contribution is 2.36. The predicted molar refractivity (Wildman–Crippen MR) is 70.6 cm³/mol. The molecule has 0 aliphatic carbocycles. The van der Waals surface area contributed by atoms with Gasteiger partial charge in [-0.05, 0) is 23.6 Å². The normalized spacial score (nSPS) is 10.9. The molecule has 0 saturated heterocycles. The molecular formula is C13H12N2OS. The largest absolute Gasteiger partial charge is 0.496 e. The quantitative estimate of drug-likeness (QED) is 0.691. The predicted octanol–water partition coefficient (Wildman–Crippen LogP) is 3.31. The second-order valence-corrected chi connectivity index (χ2v) is 4.72. The van der Waals surface area contributed by atoms with Crippen LogP contribution in [0, 0.1) is 0 Å². The van der Waals surface area contributed by atoms with Crippen LogP contribution < -0.4 is 4.74 Å². The lowest BCUT2D eigenvalue weighted by atomic mass is 10.1. The van der Waals surface area contributed by atoms with Crippen LogP contribution in [0.25, 0.3) is 21.5 Å². The summed E-state index contributed by atoms with van der Waals surface area (Å²) < 4.78 is 8.51. The molecule has 86 valence electrons. The van der Waals surface area contributed by atoms with Crippen molar-refractivity contribution in [1.82, 2.24) is 9.78 Å². The van der Waals surface area contributed by atoms with E-state index < -0.39 is 0 Å². The summed E-state index contributed by atoms with van der Waals surface area (Å²) in [7, 11) is 3.65. The van der Waals surface area contributed by atoms with Crippen LogP contribution in [0.2, 0.25) is 0 Å². The highest BCUT2D eigenvalue weighted by molar-refractivity contribution is 7.17. The fourth-order valence-corrected chi connectivity index (χ4v) is 2.92. The first kappa shape index (κ1) is 10.4. The summed E-state index contributed by atoms with van der Waals surface area (Å²) in [6.07, 6.45) is 0. The van der Waals surface area contributed by atoms with E-state index in [1.165, 1.54) is 4.70 Å². The lowest BCUT2D eigenvalue weighted by Crippen LogP contribution is -1.91. The van der Waals surface area contributed by atoms with Crippen LogP contribution in [0.3, 0.4) is 0 Å². The van der Waals surface area contributed by atoms with Gasteiger partial charge in [0.05, 0.1) is 17.3 Å². The van der Waals surface area contributed by atoms with Crippen molar-refractivity contribution in [3.05, 3.63) is 35.7 Å². The number of hydrogen-bond acceptors (Lipinski definition) is 3. The molecule has 4 heteroatoms. The number of para-hydroxylation sites is 1. The van der Waals surface area contributed by atoms with Gasteiger partial charge in [0.2, 0.25) is 0 Å². The molecule has 0 unspecified atom stereocenters. The summed E-state index contributed by atoms with van der Waals surface area (Å²) >= 11 is 1.71. The van der Waals surface area contributed by atoms with E-state index in [0.717, 1.165) is 22.5 Å². The van der Waals surface area contributed by atoms with Crippen molar-refractivity contribution < 1.29 is 4.74 Å². The Morgan fingerprint density at radius 3 is 2.88 bits per heavy atom. The monoisotopic (exact) mass is 244 g/mol. The molecule has 0 bridgehead atoms. The van der Waals surface area contributed by atoms with Gasteiger partial charge in [-0.15, -0.1) is 11.3 Å². The third kappa shape index (κ3) is 1.52. The number of aryl methyl sites for hydroxylation is 1. The lowest BCUT2D eigenvalue weighted by Gasteiger charge is -2.05. The average Bonchev–Trinajstić information content (AvgIpc) is 2.94. The molecule has 0 spiro atoms. The van der Waals surface area contributed by atoms with Gasteiger partial charge in [0.15, 0.2) is 0 Å².